The standard InChI is InChI=1S/C22H29N5O5S/c1-4-10-27-18-14-17(24-20(18)21(28)25(3)22(27)29)16-13-15(6-7-19(16)32-5-2)33(30,31)26-11-8-23-9-12-26/h6-7,13-14,23-24H,4-5,8-12H2,1-3H3. The fraction of sp³-hybridized carbons (Fsp3) is 0.455. The Morgan fingerprint density at radius 3 is 2.48 bits per heavy atom. The molecule has 3 heterocycles. The number of fused-ring (bicyclic) bond motifs is 1. The third-order valence-electron chi connectivity index (χ3n) is 5.83. The van der Waals surface area contributed by atoms with Crippen LogP contribution >= 0.6 is 0 Å². The number of nitrogens with zero attached hydrogens (tertiary/aromatic N) is 3. The minimum absolute atomic E-state index is 0.153. The van der Waals surface area contributed by atoms with Crippen LogP contribution in [0.5, 0.6) is 5.75 Å². The molecule has 0 radical (unpaired) electrons. The molecule has 1 aliphatic rings. The number of rotatable bonds is 7. The first-order valence-corrected chi connectivity index (χ1v) is 12.5. The van der Waals surface area contributed by atoms with E-state index in [0.717, 1.165) is 11.0 Å². The van der Waals surface area contributed by atoms with Gasteiger partial charge in [-0.25, -0.2) is 13.2 Å². The van der Waals surface area contributed by atoms with E-state index in [1.807, 2.05) is 13.8 Å². The smallest absolute Gasteiger partial charge is 0.331 e. The number of H-pyrrole nitrogens is 1. The second-order valence-electron chi connectivity index (χ2n) is 7.99. The molecule has 0 spiro atoms. The molecule has 1 saturated heterocycles. The molecule has 178 valence electrons. The van der Waals surface area contributed by atoms with Crippen molar-refractivity contribution in [1.82, 2.24) is 23.7 Å². The summed E-state index contributed by atoms with van der Waals surface area (Å²) in [5, 5.41) is 3.16. The highest BCUT2D eigenvalue weighted by Crippen LogP contribution is 2.34. The van der Waals surface area contributed by atoms with Crippen LogP contribution in [0.4, 0.5) is 0 Å². The van der Waals surface area contributed by atoms with Gasteiger partial charge in [0.15, 0.2) is 0 Å². The highest BCUT2D eigenvalue weighted by atomic mass is 32.2. The minimum atomic E-state index is -3.69. The molecule has 0 aliphatic carbocycles. The van der Waals surface area contributed by atoms with E-state index in [2.05, 4.69) is 10.3 Å². The van der Waals surface area contributed by atoms with Gasteiger partial charge < -0.3 is 15.0 Å². The Morgan fingerprint density at radius 2 is 1.82 bits per heavy atom. The fourth-order valence-corrected chi connectivity index (χ4v) is 5.61. The average molecular weight is 476 g/mol. The lowest BCUT2D eigenvalue weighted by molar-refractivity contribution is 0.341. The van der Waals surface area contributed by atoms with E-state index in [0.29, 0.717) is 67.4 Å². The van der Waals surface area contributed by atoms with Crippen molar-refractivity contribution in [3.8, 4) is 17.0 Å². The Bertz CT molecular complexity index is 1400. The van der Waals surface area contributed by atoms with Gasteiger partial charge >= 0.3 is 5.69 Å². The van der Waals surface area contributed by atoms with Gasteiger partial charge in [-0.05, 0) is 37.6 Å². The van der Waals surface area contributed by atoms with Crippen LogP contribution < -0.4 is 21.3 Å². The first-order valence-electron chi connectivity index (χ1n) is 11.1. The van der Waals surface area contributed by atoms with Crippen molar-refractivity contribution in [2.45, 2.75) is 31.7 Å². The third kappa shape index (κ3) is 4.11. The Morgan fingerprint density at radius 1 is 1.09 bits per heavy atom. The van der Waals surface area contributed by atoms with Crippen LogP contribution in [0.3, 0.4) is 0 Å². The number of hydrogen-bond acceptors (Lipinski definition) is 6. The summed E-state index contributed by atoms with van der Waals surface area (Å²) in [7, 11) is -2.24. The molecule has 0 unspecified atom stereocenters. The number of piperazine rings is 1. The molecule has 0 saturated carbocycles. The maximum absolute atomic E-state index is 13.2. The zero-order valence-electron chi connectivity index (χ0n) is 19.1. The summed E-state index contributed by atoms with van der Waals surface area (Å²) in [5.74, 6) is 0.490. The molecule has 33 heavy (non-hydrogen) atoms. The number of ether oxygens (including phenoxy) is 1. The normalized spacial score (nSPS) is 15.2. The summed E-state index contributed by atoms with van der Waals surface area (Å²) in [6.45, 7) is 6.64. The quantitative estimate of drug-likeness (QED) is 0.528. The summed E-state index contributed by atoms with van der Waals surface area (Å²) >= 11 is 0. The lowest BCUT2D eigenvalue weighted by atomic mass is 10.1. The van der Waals surface area contributed by atoms with E-state index >= 15 is 0 Å². The van der Waals surface area contributed by atoms with E-state index in [1.54, 1.807) is 28.8 Å². The predicted molar refractivity (Wildman–Crippen MR) is 126 cm³/mol. The number of hydrogen-bond donors (Lipinski definition) is 2. The van der Waals surface area contributed by atoms with Gasteiger partial charge in [-0.15, -0.1) is 0 Å². The van der Waals surface area contributed by atoms with Crippen molar-refractivity contribution in [3.05, 3.63) is 45.1 Å². The van der Waals surface area contributed by atoms with E-state index in [-0.39, 0.29) is 10.6 Å². The number of aromatic nitrogens is 3. The maximum Gasteiger partial charge on any atom is 0.331 e. The molecule has 0 amide bonds. The van der Waals surface area contributed by atoms with Crippen LogP contribution in [-0.4, -0.2) is 59.6 Å². The largest absolute Gasteiger partial charge is 0.493 e. The van der Waals surface area contributed by atoms with Crippen molar-refractivity contribution in [2.75, 3.05) is 32.8 Å². The SMILES string of the molecule is CCCn1c(=O)n(C)c(=O)c2[nH]c(-c3cc(S(=O)(=O)N4CCNCC4)ccc3OCC)cc21. The van der Waals surface area contributed by atoms with Crippen molar-refractivity contribution >= 4 is 21.1 Å². The minimum Gasteiger partial charge on any atom is -0.493 e. The fourth-order valence-electron chi connectivity index (χ4n) is 4.14. The summed E-state index contributed by atoms with van der Waals surface area (Å²) in [6, 6.07) is 6.46. The first-order chi connectivity index (χ1) is 15.8. The molecule has 1 aromatic carbocycles. The molecule has 2 N–H and O–H groups in total. The average Bonchev–Trinajstić information content (AvgIpc) is 3.26. The van der Waals surface area contributed by atoms with Crippen LogP contribution in [0.25, 0.3) is 22.3 Å². The number of aromatic amines is 1. The number of nitrogens with one attached hydrogen (secondary N) is 2. The van der Waals surface area contributed by atoms with Crippen molar-refractivity contribution in [1.29, 1.82) is 0 Å². The van der Waals surface area contributed by atoms with E-state index < -0.39 is 15.6 Å². The molecule has 11 heteroatoms. The van der Waals surface area contributed by atoms with E-state index in [9.17, 15) is 18.0 Å². The van der Waals surface area contributed by atoms with Crippen LogP contribution in [0, 0.1) is 0 Å². The molecule has 4 rings (SSSR count). The zero-order valence-corrected chi connectivity index (χ0v) is 19.9. The summed E-state index contributed by atoms with van der Waals surface area (Å²) in [6.07, 6.45) is 0.719. The summed E-state index contributed by atoms with van der Waals surface area (Å²) < 4.78 is 36.3. The second-order valence-corrected chi connectivity index (χ2v) is 9.92. The molecule has 1 fully saturated rings. The molecule has 2 aromatic heterocycles. The monoisotopic (exact) mass is 475 g/mol. The predicted octanol–water partition coefficient (Wildman–Crippen LogP) is 1.10. The highest BCUT2D eigenvalue weighted by Gasteiger charge is 2.27. The van der Waals surface area contributed by atoms with Crippen LogP contribution in [-0.2, 0) is 23.6 Å². The zero-order chi connectivity index (χ0) is 23.8. The van der Waals surface area contributed by atoms with Gasteiger partial charge in [0.1, 0.15) is 11.3 Å². The molecule has 0 atom stereocenters. The topological polar surface area (TPSA) is 118 Å². The van der Waals surface area contributed by atoms with Gasteiger partial charge in [0.05, 0.1) is 22.7 Å². The van der Waals surface area contributed by atoms with Crippen LogP contribution in [0.2, 0.25) is 0 Å². The molecule has 1 aliphatic heterocycles. The maximum atomic E-state index is 13.2. The van der Waals surface area contributed by atoms with Crippen molar-refractivity contribution in [3.63, 3.8) is 0 Å². The Kier molecular flexibility index (Phi) is 6.46. The molecule has 3 aromatic rings. The Balaban J connectivity index is 1.91. The number of sulfonamides is 1. The Labute approximate surface area is 191 Å². The second kappa shape index (κ2) is 9.16. The van der Waals surface area contributed by atoms with E-state index in [4.69, 9.17) is 4.74 Å². The van der Waals surface area contributed by atoms with Gasteiger partial charge in [0.2, 0.25) is 10.0 Å². The lowest BCUT2D eigenvalue weighted by Crippen LogP contribution is -2.46. The van der Waals surface area contributed by atoms with Crippen molar-refractivity contribution < 1.29 is 13.2 Å². The van der Waals surface area contributed by atoms with Gasteiger partial charge in [-0.2, -0.15) is 4.31 Å². The lowest BCUT2D eigenvalue weighted by Gasteiger charge is -2.26. The summed E-state index contributed by atoms with van der Waals surface area (Å²) in [5.41, 5.74) is 0.979. The van der Waals surface area contributed by atoms with Gasteiger partial charge in [-0.3, -0.25) is 13.9 Å². The molecular weight excluding hydrogens is 446 g/mol. The van der Waals surface area contributed by atoms with Gasteiger partial charge in [0.25, 0.3) is 5.56 Å². The van der Waals surface area contributed by atoms with Crippen LogP contribution in [0.15, 0.2) is 38.8 Å². The van der Waals surface area contributed by atoms with Crippen LogP contribution in [0.1, 0.15) is 20.3 Å². The number of aryl methyl sites for hydroxylation is 1. The van der Waals surface area contributed by atoms with Gasteiger partial charge in [-0.1, -0.05) is 6.92 Å². The Hall–Kier alpha value is -2.89. The molecular formula is C22H29N5O5S. The third-order valence-corrected chi connectivity index (χ3v) is 7.72. The number of benzene rings is 1. The van der Waals surface area contributed by atoms with Gasteiger partial charge in [0, 0.05) is 45.3 Å². The van der Waals surface area contributed by atoms with E-state index in [1.165, 1.54) is 11.4 Å². The molecule has 10 nitrogen and oxygen atoms in total. The highest BCUT2D eigenvalue weighted by molar-refractivity contribution is 7.89. The van der Waals surface area contributed by atoms with Crippen molar-refractivity contribution in [2.24, 2.45) is 7.05 Å². The molecule has 0 bridgehead atoms. The first kappa shape index (κ1) is 23.3. The summed E-state index contributed by atoms with van der Waals surface area (Å²) in [4.78, 5) is 28.7.